The van der Waals surface area contributed by atoms with Gasteiger partial charge in [-0.25, -0.2) is 0 Å². The molecule has 1 atom stereocenters. The van der Waals surface area contributed by atoms with Crippen LogP contribution < -0.4 is 5.73 Å². The number of hydrogen-bond acceptors (Lipinski definition) is 3. The summed E-state index contributed by atoms with van der Waals surface area (Å²) in [4.78, 5) is 14.3. The number of benzene rings is 1. The molecule has 4 heteroatoms. The van der Waals surface area contributed by atoms with Crippen molar-refractivity contribution in [3.63, 3.8) is 0 Å². The predicted molar refractivity (Wildman–Crippen MR) is 79.8 cm³/mol. The molecule has 1 aromatic carbocycles. The molecule has 1 aromatic rings. The van der Waals surface area contributed by atoms with Gasteiger partial charge in [0.1, 0.15) is 0 Å². The van der Waals surface area contributed by atoms with Crippen molar-refractivity contribution in [3.05, 3.63) is 35.4 Å². The average Bonchev–Trinajstić information content (AvgIpc) is 2.46. The molecule has 0 spiro atoms. The van der Waals surface area contributed by atoms with Crippen LogP contribution in [0.5, 0.6) is 0 Å². The van der Waals surface area contributed by atoms with Gasteiger partial charge in [0.25, 0.3) is 5.91 Å². The Labute approximate surface area is 120 Å². The highest BCUT2D eigenvalue weighted by molar-refractivity contribution is 5.94. The Hall–Kier alpha value is -1.39. The molecule has 0 aliphatic carbocycles. The number of ether oxygens (including phenoxy) is 1. The zero-order chi connectivity index (χ0) is 14.8. The molecule has 1 amide bonds. The second-order valence-corrected chi connectivity index (χ2v) is 6.31. The number of nitrogens with two attached hydrogens (primary N) is 1. The molecule has 1 aliphatic heterocycles. The zero-order valence-electron chi connectivity index (χ0n) is 12.6. The summed E-state index contributed by atoms with van der Waals surface area (Å²) in [6, 6.07) is 7.90. The second-order valence-electron chi connectivity index (χ2n) is 6.31. The average molecular weight is 276 g/mol. The van der Waals surface area contributed by atoms with E-state index in [2.05, 4.69) is 20.8 Å². The first-order valence-corrected chi connectivity index (χ1v) is 7.13. The van der Waals surface area contributed by atoms with Gasteiger partial charge in [0.2, 0.25) is 0 Å². The van der Waals surface area contributed by atoms with Gasteiger partial charge < -0.3 is 15.4 Å². The van der Waals surface area contributed by atoms with Crippen molar-refractivity contribution in [1.29, 1.82) is 0 Å². The lowest BCUT2D eigenvalue weighted by Gasteiger charge is -2.32. The summed E-state index contributed by atoms with van der Waals surface area (Å²) in [5, 5.41) is 0. The van der Waals surface area contributed by atoms with E-state index in [0.717, 1.165) is 5.56 Å². The minimum atomic E-state index is -0.0402. The number of morpholine rings is 1. The lowest BCUT2D eigenvalue weighted by atomic mass is 9.86. The topological polar surface area (TPSA) is 55.6 Å². The van der Waals surface area contributed by atoms with Crippen LogP contribution in [-0.4, -0.2) is 43.2 Å². The summed E-state index contributed by atoms with van der Waals surface area (Å²) >= 11 is 0. The van der Waals surface area contributed by atoms with E-state index < -0.39 is 0 Å². The number of carbonyl (C=O) groups is 1. The summed E-state index contributed by atoms with van der Waals surface area (Å²) < 4.78 is 5.49. The molecule has 1 aliphatic rings. The van der Waals surface area contributed by atoms with Crippen LogP contribution in [0.25, 0.3) is 0 Å². The summed E-state index contributed by atoms with van der Waals surface area (Å²) in [5.74, 6) is 0.0622. The van der Waals surface area contributed by atoms with Crippen LogP contribution in [-0.2, 0) is 10.2 Å². The first kappa shape index (κ1) is 15.0. The molecule has 0 bridgehead atoms. The Kier molecular flexibility index (Phi) is 4.45. The van der Waals surface area contributed by atoms with Gasteiger partial charge in [-0.05, 0) is 23.1 Å². The van der Waals surface area contributed by atoms with Crippen molar-refractivity contribution < 1.29 is 9.53 Å². The van der Waals surface area contributed by atoms with Crippen molar-refractivity contribution in [3.8, 4) is 0 Å². The number of hydrogen-bond donors (Lipinski definition) is 1. The molecule has 0 aromatic heterocycles. The molecular weight excluding hydrogens is 252 g/mol. The van der Waals surface area contributed by atoms with Gasteiger partial charge in [0.05, 0.1) is 12.7 Å². The van der Waals surface area contributed by atoms with Crippen LogP contribution in [0.4, 0.5) is 0 Å². The highest BCUT2D eigenvalue weighted by Crippen LogP contribution is 2.22. The number of rotatable bonds is 2. The molecule has 20 heavy (non-hydrogen) atoms. The van der Waals surface area contributed by atoms with Gasteiger partial charge in [-0.2, -0.15) is 0 Å². The Morgan fingerprint density at radius 3 is 2.55 bits per heavy atom. The molecule has 110 valence electrons. The van der Waals surface area contributed by atoms with Gasteiger partial charge in [0.15, 0.2) is 0 Å². The third kappa shape index (κ3) is 3.38. The van der Waals surface area contributed by atoms with Crippen LogP contribution >= 0.6 is 0 Å². The number of carbonyl (C=O) groups excluding carboxylic acids is 1. The summed E-state index contributed by atoms with van der Waals surface area (Å²) in [7, 11) is 0. The first-order valence-electron chi connectivity index (χ1n) is 7.13. The third-order valence-electron chi connectivity index (χ3n) is 3.69. The van der Waals surface area contributed by atoms with Gasteiger partial charge in [-0.15, -0.1) is 0 Å². The van der Waals surface area contributed by atoms with Crippen molar-refractivity contribution >= 4 is 5.91 Å². The van der Waals surface area contributed by atoms with E-state index in [1.807, 2.05) is 29.2 Å². The zero-order valence-corrected chi connectivity index (χ0v) is 12.6. The van der Waals surface area contributed by atoms with Crippen LogP contribution in [0.15, 0.2) is 24.3 Å². The SMILES string of the molecule is CC(C)(C)c1ccc(C(=O)N2CCOC(CN)C2)cc1. The van der Waals surface area contributed by atoms with Crippen LogP contribution in [0.2, 0.25) is 0 Å². The lowest BCUT2D eigenvalue weighted by molar-refractivity contribution is -0.0167. The van der Waals surface area contributed by atoms with E-state index in [1.54, 1.807) is 0 Å². The highest BCUT2D eigenvalue weighted by atomic mass is 16.5. The van der Waals surface area contributed by atoms with Crippen molar-refractivity contribution in [2.75, 3.05) is 26.2 Å². The van der Waals surface area contributed by atoms with E-state index in [0.29, 0.717) is 26.2 Å². The standard InChI is InChI=1S/C16H24N2O2/c1-16(2,3)13-6-4-12(5-7-13)15(19)18-8-9-20-14(10-17)11-18/h4-7,14H,8-11,17H2,1-3H3. The maximum absolute atomic E-state index is 12.5. The van der Waals surface area contributed by atoms with Crippen molar-refractivity contribution in [2.45, 2.75) is 32.3 Å². The largest absolute Gasteiger partial charge is 0.373 e. The highest BCUT2D eigenvalue weighted by Gasteiger charge is 2.24. The smallest absolute Gasteiger partial charge is 0.254 e. The quantitative estimate of drug-likeness (QED) is 0.896. The van der Waals surface area contributed by atoms with Gasteiger partial charge in [-0.3, -0.25) is 4.79 Å². The molecule has 0 saturated carbocycles. The number of nitrogens with zero attached hydrogens (tertiary/aromatic N) is 1. The third-order valence-corrected chi connectivity index (χ3v) is 3.69. The number of amides is 1. The summed E-state index contributed by atoms with van der Waals surface area (Å²) in [6.45, 7) is 8.72. The van der Waals surface area contributed by atoms with Gasteiger partial charge in [0, 0.05) is 25.2 Å². The van der Waals surface area contributed by atoms with E-state index in [-0.39, 0.29) is 17.4 Å². The maximum atomic E-state index is 12.5. The Bertz CT molecular complexity index is 462. The van der Waals surface area contributed by atoms with Crippen molar-refractivity contribution in [2.24, 2.45) is 5.73 Å². The Morgan fingerprint density at radius 2 is 2.00 bits per heavy atom. The molecule has 4 nitrogen and oxygen atoms in total. The van der Waals surface area contributed by atoms with Crippen LogP contribution in [0.3, 0.4) is 0 Å². The van der Waals surface area contributed by atoms with E-state index in [9.17, 15) is 4.79 Å². The maximum Gasteiger partial charge on any atom is 0.254 e. The Morgan fingerprint density at radius 1 is 1.35 bits per heavy atom. The minimum Gasteiger partial charge on any atom is -0.373 e. The fourth-order valence-electron chi connectivity index (χ4n) is 2.34. The lowest BCUT2D eigenvalue weighted by Crippen LogP contribution is -2.48. The molecule has 1 fully saturated rings. The summed E-state index contributed by atoms with van der Waals surface area (Å²) in [6.07, 6.45) is -0.0402. The fourth-order valence-corrected chi connectivity index (χ4v) is 2.34. The molecule has 2 N–H and O–H groups in total. The monoisotopic (exact) mass is 276 g/mol. The van der Waals surface area contributed by atoms with Crippen LogP contribution in [0.1, 0.15) is 36.7 Å². The predicted octanol–water partition coefficient (Wildman–Crippen LogP) is 1.78. The molecule has 2 rings (SSSR count). The molecule has 1 unspecified atom stereocenters. The molecule has 0 radical (unpaired) electrons. The van der Waals surface area contributed by atoms with Crippen LogP contribution in [0, 0.1) is 0 Å². The normalized spacial score (nSPS) is 20.0. The van der Waals surface area contributed by atoms with E-state index in [4.69, 9.17) is 10.5 Å². The second kappa shape index (κ2) is 5.94. The van der Waals surface area contributed by atoms with E-state index >= 15 is 0 Å². The summed E-state index contributed by atoms with van der Waals surface area (Å²) in [5.41, 5.74) is 7.68. The van der Waals surface area contributed by atoms with Gasteiger partial charge in [-0.1, -0.05) is 32.9 Å². The molecule has 1 saturated heterocycles. The van der Waals surface area contributed by atoms with Crippen molar-refractivity contribution in [1.82, 2.24) is 4.90 Å². The first-order chi connectivity index (χ1) is 9.41. The van der Waals surface area contributed by atoms with Gasteiger partial charge >= 0.3 is 0 Å². The fraction of sp³-hybridized carbons (Fsp3) is 0.562. The van der Waals surface area contributed by atoms with E-state index in [1.165, 1.54) is 5.56 Å². The molecular formula is C16H24N2O2. The molecule has 1 heterocycles. The minimum absolute atomic E-state index is 0.0402. The Balaban J connectivity index is 2.09.